The molecule has 3 rings (SSSR count). The van der Waals surface area contributed by atoms with Crippen LogP contribution in [0.5, 0.6) is 0 Å². The van der Waals surface area contributed by atoms with Gasteiger partial charge in [-0.2, -0.15) is 0 Å². The van der Waals surface area contributed by atoms with E-state index >= 15 is 0 Å². The van der Waals surface area contributed by atoms with Crippen LogP contribution in [0.1, 0.15) is 11.3 Å². The lowest BCUT2D eigenvalue weighted by Gasteiger charge is -2.21. The molecule has 1 amide bonds. The molecule has 0 bridgehead atoms. The van der Waals surface area contributed by atoms with Gasteiger partial charge in [0.15, 0.2) is 0 Å². The zero-order valence-corrected chi connectivity index (χ0v) is 13.8. The Morgan fingerprint density at radius 1 is 1.36 bits per heavy atom. The summed E-state index contributed by atoms with van der Waals surface area (Å²) in [7, 11) is 0. The van der Waals surface area contributed by atoms with Gasteiger partial charge in [0.1, 0.15) is 6.10 Å². The summed E-state index contributed by atoms with van der Waals surface area (Å²) in [6.45, 7) is 2.03. The third kappa shape index (κ3) is 3.96. The first-order chi connectivity index (χ1) is 10.7. The molecule has 1 N–H and O–H groups in total. The summed E-state index contributed by atoms with van der Waals surface area (Å²) in [4.78, 5) is 16.0. The zero-order valence-electron chi connectivity index (χ0n) is 12.2. The number of ether oxygens (including phenoxy) is 1. The number of nitrogens with one attached hydrogen (secondary N) is 1. The molecular weight excluding hydrogens is 346 g/mol. The van der Waals surface area contributed by atoms with E-state index in [1.807, 2.05) is 24.7 Å². The Balaban J connectivity index is 1.54. The predicted octanol–water partition coefficient (Wildman–Crippen LogP) is 1.95. The Bertz CT molecular complexity index is 639. The van der Waals surface area contributed by atoms with E-state index in [1.54, 1.807) is 0 Å². The van der Waals surface area contributed by atoms with E-state index in [4.69, 9.17) is 4.74 Å². The molecule has 0 spiro atoms. The summed E-state index contributed by atoms with van der Waals surface area (Å²) in [5.74, 6) is -0.0457. The molecule has 2 heterocycles. The molecule has 22 heavy (non-hydrogen) atoms. The van der Waals surface area contributed by atoms with Gasteiger partial charge in [-0.3, -0.25) is 4.79 Å². The maximum Gasteiger partial charge on any atom is 0.249 e. The minimum atomic E-state index is -0.413. The number of amides is 1. The van der Waals surface area contributed by atoms with Crippen molar-refractivity contribution in [3.05, 3.63) is 52.5 Å². The van der Waals surface area contributed by atoms with Crippen molar-refractivity contribution in [2.45, 2.75) is 25.5 Å². The Morgan fingerprint density at radius 2 is 2.18 bits per heavy atom. The first-order valence-corrected chi connectivity index (χ1v) is 8.14. The third-order valence-electron chi connectivity index (χ3n) is 3.67. The molecule has 1 aliphatic heterocycles. The van der Waals surface area contributed by atoms with E-state index in [0.29, 0.717) is 19.6 Å². The molecular formula is C16H18BrN3O2. The molecule has 0 unspecified atom stereocenters. The van der Waals surface area contributed by atoms with Gasteiger partial charge in [-0.25, -0.2) is 4.98 Å². The average molecular weight is 364 g/mol. The average Bonchev–Trinajstić information content (AvgIpc) is 2.97. The maximum absolute atomic E-state index is 11.7. The Kier molecular flexibility index (Phi) is 4.90. The minimum absolute atomic E-state index is 0.0457. The molecule has 1 aromatic carbocycles. The topological polar surface area (TPSA) is 56.1 Å². The van der Waals surface area contributed by atoms with Crippen molar-refractivity contribution >= 4 is 21.8 Å². The van der Waals surface area contributed by atoms with Gasteiger partial charge < -0.3 is 14.6 Å². The van der Waals surface area contributed by atoms with Crippen LogP contribution in [-0.2, 0) is 28.9 Å². The molecule has 116 valence electrons. The van der Waals surface area contributed by atoms with E-state index < -0.39 is 6.10 Å². The van der Waals surface area contributed by atoms with Crippen molar-refractivity contribution in [1.82, 2.24) is 14.9 Å². The smallest absolute Gasteiger partial charge is 0.249 e. The number of benzene rings is 1. The SMILES string of the molecule is O=C1NCCO[C@H]1Cc1cn(CCc2ccc(Br)cc2)cn1. The number of hydrogen-bond acceptors (Lipinski definition) is 3. The van der Waals surface area contributed by atoms with Gasteiger partial charge in [0.05, 0.1) is 18.6 Å². The summed E-state index contributed by atoms with van der Waals surface area (Å²) in [5.41, 5.74) is 2.17. The number of halogens is 1. The molecule has 6 heteroatoms. The number of aryl methyl sites for hydroxylation is 2. The van der Waals surface area contributed by atoms with E-state index in [2.05, 4.69) is 42.9 Å². The third-order valence-corrected chi connectivity index (χ3v) is 4.19. The Hall–Kier alpha value is -1.66. The Labute approximate surface area is 137 Å². The normalized spacial score (nSPS) is 18.2. The first-order valence-electron chi connectivity index (χ1n) is 7.35. The number of aromatic nitrogens is 2. The lowest BCUT2D eigenvalue weighted by molar-refractivity contribution is -0.137. The molecule has 0 radical (unpaired) electrons. The molecule has 0 aliphatic carbocycles. The fourth-order valence-electron chi connectivity index (χ4n) is 2.45. The zero-order chi connectivity index (χ0) is 15.4. The van der Waals surface area contributed by atoms with Crippen molar-refractivity contribution in [3.63, 3.8) is 0 Å². The lowest BCUT2D eigenvalue weighted by Crippen LogP contribution is -2.45. The molecule has 0 saturated carbocycles. The van der Waals surface area contributed by atoms with E-state index in [9.17, 15) is 4.79 Å². The quantitative estimate of drug-likeness (QED) is 0.883. The van der Waals surface area contributed by atoms with Crippen LogP contribution in [0.25, 0.3) is 0 Å². The van der Waals surface area contributed by atoms with E-state index in [-0.39, 0.29) is 5.91 Å². The number of carbonyl (C=O) groups is 1. The summed E-state index contributed by atoms with van der Waals surface area (Å²) in [6.07, 6.45) is 4.86. The van der Waals surface area contributed by atoms with Crippen molar-refractivity contribution in [3.8, 4) is 0 Å². The highest BCUT2D eigenvalue weighted by Gasteiger charge is 2.23. The molecule has 1 saturated heterocycles. The van der Waals surface area contributed by atoms with Gasteiger partial charge in [0, 0.05) is 30.2 Å². The van der Waals surface area contributed by atoms with Crippen LogP contribution in [0.4, 0.5) is 0 Å². The lowest BCUT2D eigenvalue weighted by atomic mass is 10.1. The van der Waals surface area contributed by atoms with Crippen LogP contribution in [0.3, 0.4) is 0 Å². The molecule has 5 nitrogen and oxygen atoms in total. The fourth-order valence-corrected chi connectivity index (χ4v) is 2.71. The van der Waals surface area contributed by atoms with Crippen LogP contribution >= 0.6 is 15.9 Å². The van der Waals surface area contributed by atoms with Gasteiger partial charge in [0.25, 0.3) is 0 Å². The minimum Gasteiger partial charge on any atom is -0.366 e. The standard InChI is InChI=1S/C16H18BrN3O2/c17-13-3-1-12(2-4-13)5-7-20-10-14(19-11-20)9-15-16(21)18-6-8-22-15/h1-4,10-11,15H,5-9H2,(H,18,21)/t15-/m0/s1. The number of morpholine rings is 1. The highest BCUT2D eigenvalue weighted by molar-refractivity contribution is 9.10. The maximum atomic E-state index is 11.7. The fraction of sp³-hybridized carbons (Fsp3) is 0.375. The van der Waals surface area contributed by atoms with Crippen LogP contribution in [0, 0.1) is 0 Å². The molecule has 1 atom stereocenters. The highest BCUT2D eigenvalue weighted by Crippen LogP contribution is 2.12. The Morgan fingerprint density at radius 3 is 2.95 bits per heavy atom. The van der Waals surface area contributed by atoms with Crippen molar-refractivity contribution < 1.29 is 9.53 Å². The predicted molar refractivity (Wildman–Crippen MR) is 86.5 cm³/mol. The first kappa shape index (κ1) is 15.2. The van der Waals surface area contributed by atoms with E-state index in [1.165, 1.54) is 5.56 Å². The van der Waals surface area contributed by atoms with Crippen LogP contribution in [0.15, 0.2) is 41.3 Å². The van der Waals surface area contributed by atoms with Gasteiger partial charge in [-0.1, -0.05) is 28.1 Å². The number of nitrogens with zero attached hydrogens (tertiary/aromatic N) is 2. The van der Waals surface area contributed by atoms with Crippen LogP contribution < -0.4 is 5.32 Å². The van der Waals surface area contributed by atoms with Crippen molar-refractivity contribution in [2.24, 2.45) is 0 Å². The van der Waals surface area contributed by atoms with Gasteiger partial charge in [0.2, 0.25) is 5.91 Å². The second-order valence-electron chi connectivity index (χ2n) is 5.33. The van der Waals surface area contributed by atoms with Crippen molar-refractivity contribution in [2.75, 3.05) is 13.2 Å². The summed E-state index contributed by atoms with van der Waals surface area (Å²) in [6, 6.07) is 8.33. The van der Waals surface area contributed by atoms with Gasteiger partial charge in [-0.05, 0) is 24.1 Å². The highest BCUT2D eigenvalue weighted by atomic mass is 79.9. The number of rotatable bonds is 5. The second kappa shape index (κ2) is 7.07. The van der Waals surface area contributed by atoms with E-state index in [0.717, 1.165) is 23.1 Å². The second-order valence-corrected chi connectivity index (χ2v) is 6.25. The largest absolute Gasteiger partial charge is 0.366 e. The van der Waals surface area contributed by atoms with Crippen LogP contribution in [0.2, 0.25) is 0 Å². The van der Waals surface area contributed by atoms with Gasteiger partial charge >= 0.3 is 0 Å². The summed E-state index contributed by atoms with van der Waals surface area (Å²) in [5, 5.41) is 2.81. The molecule has 1 aliphatic rings. The number of carbonyl (C=O) groups excluding carboxylic acids is 1. The molecule has 1 fully saturated rings. The van der Waals surface area contributed by atoms with Crippen molar-refractivity contribution in [1.29, 1.82) is 0 Å². The van der Waals surface area contributed by atoms with Crippen LogP contribution in [-0.4, -0.2) is 34.7 Å². The molecule has 1 aromatic heterocycles. The molecule has 2 aromatic rings. The summed E-state index contributed by atoms with van der Waals surface area (Å²) < 4.78 is 8.62. The monoisotopic (exact) mass is 363 g/mol. The summed E-state index contributed by atoms with van der Waals surface area (Å²) >= 11 is 3.44. The number of hydrogen-bond donors (Lipinski definition) is 1. The van der Waals surface area contributed by atoms with Gasteiger partial charge in [-0.15, -0.1) is 0 Å². The number of imidazole rings is 1.